The van der Waals surface area contributed by atoms with Crippen LogP contribution in [0.2, 0.25) is 0 Å². The van der Waals surface area contributed by atoms with Crippen molar-refractivity contribution in [2.24, 2.45) is 5.10 Å². The van der Waals surface area contributed by atoms with Crippen molar-refractivity contribution in [3.05, 3.63) is 72.7 Å². The molecule has 2 rings (SSSR count). The SMILES string of the molecule is O=[N+]([O-])c1ccc(N/N=C(/CBr)c2ccc(Br)cc2)c([N+](=O)[O-])c1. The molecule has 0 saturated carbocycles. The Labute approximate surface area is 153 Å². The van der Waals surface area contributed by atoms with Crippen LogP contribution in [0.15, 0.2) is 52.0 Å². The summed E-state index contributed by atoms with van der Waals surface area (Å²) in [5.41, 5.74) is 3.35. The number of nitro benzene ring substituents is 2. The number of hydrogen-bond acceptors (Lipinski definition) is 6. The van der Waals surface area contributed by atoms with Gasteiger partial charge in [0.1, 0.15) is 5.69 Å². The van der Waals surface area contributed by atoms with Crippen LogP contribution in [-0.4, -0.2) is 20.9 Å². The minimum atomic E-state index is -0.696. The Morgan fingerprint density at radius 1 is 1.08 bits per heavy atom. The molecule has 2 aromatic rings. The molecule has 0 aliphatic heterocycles. The van der Waals surface area contributed by atoms with Crippen molar-refractivity contribution in [2.45, 2.75) is 0 Å². The highest BCUT2D eigenvalue weighted by Gasteiger charge is 2.19. The van der Waals surface area contributed by atoms with E-state index in [-0.39, 0.29) is 11.4 Å². The minimum Gasteiger partial charge on any atom is -0.271 e. The Kier molecular flexibility index (Phi) is 5.99. The van der Waals surface area contributed by atoms with Gasteiger partial charge in [-0.25, -0.2) is 0 Å². The number of anilines is 1. The number of benzene rings is 2. The molecule has 0 aliphatic rings. The molecular formula is C14H10Br2N4O4. The van der Waals surface area contributed by atoms with E-state index in [1.54, 1.807) is 0 Å². The standard InChI is InChI=1S/C14H10Br2N4O4/c15-8-13(9-1-3-10(16)4-2-9)18-17-12-6-5-11(19(21)22)7-14(12)20(23)24/h1-7,17H,8H2/b18-13-. The number of nitrogens with zero attached hydrogens (tertiary/aromatic N) is 3. The summed E-state index contributed by atoms with van der Waals surface area (Å²) in [5, 5.41) is 26.4. The lowest BCUT2D eigenvalue weighted by molar-refractivity contribution is -0.393. The maximum absolute atomic E-state index is 11.1. The Balaban J connectivity index is 2.33. The molecule has 0 heterocycles. The number of non-ortho nitro benzene ring substituents is 1. The molecular weight excluding hydrogens is 448 g/mol. The van der Waals surface area contributed by atoms with Crippen molar-refractivity contribution in [1.29, 1.82) is 0 Å². The first kappa shape index (κ1) is 18.0. The minimum absolute atomic E-state index is 0.0705. The molecule has 0 bridgehead atoms. The molecule has 8 nitrogen and oxygen atoms in total. The molecule has 0 amide bonds. The quantitative estimate of drug-likeness (QED) is 0.297. The van der Waals surface area contributed by atoms with Crippen LogP contribution in [0.3, 0.4) is 0 Å². The fourth-order valence-electron chi connectivity index (χ4n) is 1.82. The first-order chi connectivity index (χ1) is 11.4. The summed E-state index contributed by atoms with van der Waals surface area (Å²) < 4.78 is 0.916. The lowest BCUT2D eigenvalue weighted by Gasteiger charge is -2.06. The van der Waals surface area contributed by atoms with E-state index in [4.69, 9.17) is 0 Å². The number of halogens is 2. The van der Waals surface area contributed by atoms with Crippen LogP contribution in [0.5, 0.6) is 0 Å². The Morgan fingerprint density at radius 3 is 2.29 bits per heavy atom. The third-order valence-corrected chi connectivity index (χ3v) is 4.06. The molecule has 0 aromatic heterocycles. The van der Waals surface area contributed by atoms with Gasteiger partial charge in [-0.05, 0) is 23.8 Å². The molecule has 0 unspecified atom stereocenters. The van der Waals surface area contributed by atoms with Gasteiger partial charge in [0.2, 0.25) is 0 Å². The number of alkyl halides is 1. The summed E-state index contributed by atoms with van der Waals surface area (Å²) in [6.07, 6.45) is 0. The second kappa shape index (κ2) is 7.97. The monoisotopic (exact) mass is 456 g/mol. The molecule has 0 spiro atoms. The van der Waals surface area contributed by atoms with Crippen molar-refractivity contribution >= 4 is 54.6 Å². The third kappa shape index (κ3) is 4.36. The van der Waals surface area contributed by atoms with Crippen molar-refractivity contribution < 1.29 is 9.85 Å². The fourth-order valence-corrected chi connectivity index (χ4v) is 2.53. The average Bonchev–Trinajstić information content (AvgIpc) is 2.56. The second-order valence-corrected chi connectivity index (χ2v) is 6.00. The molecule has 0 fully saturated rings. The van der Waals surface area contributed by atoms with Gasteiger partial charge in [0, 0.05) is 15.9 Å². The number of hydrogen-bond donors (Lipinski definition) is 1. The van der Waals surface area contributed by atoms with E-state index in [1.807, 2.05) is 24.3 Å². The predicted octanol–water partition coefficient (Wildman–Crippen LogP) is 4.48. The Hall–Kier alpha value is -2.33. The summed E-state index contributed by atoms with van der Waals surface area (Å²) in [7, 11) is 0. The van der Waals surface area contributed by atoms with E-state index >= 15 is 0 Å². The zero-order valence-corrected chi connectivity index (χ0v) is 15.2. The first-order valence-corrected chi connectivity index (χ1v) is 8.41. The Morgan fingerprint density at radius 2 is 1.75 bits per heavy atom. The molecule has 124 valence electrons. The summed E-state index contributed by atoms with van der Waals surface area (Å²) >= 11 is 6.66. The topological polar surface area (TPSA) is 111 Å². The zero-order chi connectivity index (χ0) is 17.7. The lowest BCUT2D eigenvalue weighted by atomic mass is 10.1. The molecule has 0 radical (unpaired) electrons. The van der Waals surface area contributed by atoms with E-state index in [0.29, 0.717) is 11.0 Å². The highest BCUT2D eigenvalue weighted by Crippen LogP contribution is 2.29. The van der Waals surface area contributed by atoms with Gasteiger partial charge >= 0.3 is 5.69 Å². The molecule has 24 heavy (non-hydrogen) atoms. The Bertz CT molecular complexity index is 809. The smallest absolute Gasteiger partial charge is 0.271 e. The van der Waals surface area contributed by atoms with Gasteiger partial charge in [0.25, 0.3) is 5.69 Å². The van der Waals surface area contributed by atoms with Crippen LogP contribution in [0.4, 0.5) is 17.1 Å². The van der Waals surface area contributed by atoms with Crippen LogP contribution in [-0.2, 0) is 0 Å². The maximum atomic E-state index is 11.1. The molecule has 0 atom stereocenters. The van der Waals surface area contributed by atoms with Crippen molar-refractivity contribution in [2.75, 3.05) is 10.8 Å². The summed E-state index contributed by atoms with van der Waals surface area (Å²) in [6, 6.07) is 10.7. The van der Waals surface area contributed by atoms with Gasteiger partial charge < -0.3 is 0 Å². The number of nitrogens with one attached hydrogen (secondary N) is 1. The second-order valence-electron chi connectivity index (χ2n) is 4.53. The lowest BCUT2D eigenvalue weighted by Crippen LogP contribution is -2.07. The number of nitro groups is 2. The molecule has 0 aliphatic carbocycles. The van der Waals surface area contributed by atoms with E-state index in [9.17, 15) is 20.2 Å². The summed E-state index contributed by atoms with van der Waals surface area (Å²) in [5.74, 6) is 0. The average molecular weight is 458 g/mol. The van der Waals surface area contributed by atoms with Crippen molar-refractivity contribution in [3.8, 4) is 0 Å². The van der Waals surface area contributed by atoms with Gasteiger partial charge in [0.15, 0.2) is 0 Å². The summed E-state index contributed by atoms with van der Waals surface area (Å²) in [4.78, 5) is 20.5. The number of hydrazone groups is 1. The fraction of sp³-hybridized carbons (Fsp3) is 0.0714. The largest absolute Gasteiger partial charge is 0.301 e. The van der Waals surface area contributed by atoms with Gasteiger partial charge in [-0.15, -0.1) is 0 Å². The normalized spacial score (nSPS) is 11.2. The molecule has 1 N–H and O–H groups in total. The summed E-state index contributed by atoms with van der Waals surface area (Å²) in [6.45, 7) is 0. The van der Waals surface area contributed by atoms with Crippen LogP contribution >= 0.6 is 31.9 Å². The van der Waals surface area contributed by atoms with E-state index in [2.05, 4.69) is 42.4 Å². The molecule has 10 heteroatoms. The van der Waals surface area contributed by atoms with E-state index in [1.165, 1.54) is 12.1 Å². The van der Waals surface area contributed by atoms with Gasteiger partial charge in [-0.3, -0.25) is 25.7 Å². The van der Waals surface area contributed by atoms with E-state index < -0.39 is 15.5 Å². The number of rotatable bonds is 6. The van der Waals surface area contributed by atoms with Gasteiger partial charge in [0.05, 0.1) is 21.6 Å². The zero-order valence-electron chi connectivity index (χ0n) is 12.0. The van der Waals surface area contributed by atoms with Gasteiger partial charge in [-0.1, -0.05) is 44.0 Å². The van der Waals surface area contributed by atoms with Crippen molar-refractivity contribution in [1.82, 2.24) is 0 Å². The van der Waals surface area contributed by atoms with E-state index in [0.717, 1.165) is 16.1 Å². The van der Waals surface area contributed by atoms with Crippen LogP contribution < -0.4 is 5.43 Å². The molecule has 0 saturated heterocycles. The third-order valence-electron chi connectivity index (χ3n) is 3.00. The predicted molar refractivity (Wildman–Crippen MR) is 97.8 cm³/mol. The maximum Gasteiger partial charge on any atom is 0.301 e. The first-order valence-electron chi connectivity index (χ1n) is 6.49. The molecule has 2 aromatic carbocycles. The van der Waals surface area contributed by atoms with Crippen LogP contribution in [0, 0.1) is 20.2 Å². The van der Waals surface area contributed by atoms with Crippen molar-refractivity contribution in [3.63, 3.8) is 0 Å². The highest BCUT2D eigenvalue weighted by molar-refractivity contribution is 9.10. The highest BCUT2D eigenvalue weighted by atomic mass is 79.9. The van der Waals surface area contributed by atoms with Gasteiger partial charge in [-0.2, -0.15) is 5.10 Å². The van der Waals surface area contributed by atoms with Crippen LogP contribution in [0.25, 0.3) is 0 Å². The van der Waals surface area contributed by atoms with Crippen LogP contribution in [0.1, 0.15) is 5.56 Å².